The lowest BCUT2D eigenvalue weighted by atomic mass is 10.1. The van der Waals surface area contributed by atoms with Crippen LogP contribution in [-0.4, -0.2) is 44.1 Å². The van der Waals surface area contributed by atoms with Gasteiger partial charge in [-0.15, -0.1) is 0 Å². The molecule has 4 nitrogen and oxygen atoms in total. The molecular weight excluding hydrogens is 371 g/mol. The summed E-state index contributed by atoms with van der Waals surface area (Å²) in [6.07, 6.45) is 1.09. The minimum absolute atomic E-state index is 0.168. The summed E-state index contributed by atoms with van der Waals surface area (Å²) in [6, 6.07) is 13.4. The molecule has 0 unspecified atom stereocenters. The zero-order chi connectivity index (χ0) is 18.5. The van der Waals surface area contributed by atoms with Crippen LogP contribution in [0.3, 0.4) is 0 Å². The summed E-state index contributed by atoms with van der Waals surface area (Å²) >= 11 is 12.1. The zero-order valence-electron chi connectivity index (χ0n) is 14.8. The SMILES string of the molecule is COc1cccc(N2CCN(C(=O)CCc3ccc(Cl)cc3Cl)CC2)c1. The third-order valence-corrected chi connectivity index (χ3v) is 5.26. The number of halogens is 2. The Kier molecular flexibility index (Phi) is 6.28. The van der Waals surface area contributed by atoms with Crippen molar-refractivity contribution in [2.24, 2.45) is 0 Å². The van der Waals surface area contributed by atoms with Gasteiger partial charge in [-0.25, -0.2) is 0 Å². The number of nitrogens with zero attached hydrogens (tertiary/aromatic N) is 2. The van der Waals surface area contributed by atoms with Crippen molar-refractivity contribution in [1.29, 1.82) is 0 Å². The van der Waals surface area contributed by atoms with Crippen LogP contribution in [-0.2, 0) is 11.2 Å². The fourth-order valence-electron chi connectivity index (χ4n) is 3.15. The quantitative estimate of drug-likeness (QED) is 0.760. The lowest BCUT2D eigenvalue weighted by molar-refractivity contribution is -0.131. The Labute approximate surface area is 164 Å². The van der Waals surface area contributed by atoms with Crippen molar-refractivity contribution in [3.63, 3.8) is 0 Å². The van der Waals surface area contributed by atoms with Gasteiger partial charge in [-0.1, -0.05) is 35.3 Å². The van der Waals surface area contributed by atoms with Crippen LogP contribution in [0.15, 0.2) is 42.5 Å². The van der Waals surface area contributed by atoms with E-state index in [0.29, 0.717) is 22.9 Å². The van der Waals surface area contributed by atoms with Gasteiger partial charge in [0.1, 0.15) is 5.75 Å². The molecule has 0 N–H and O–H groups in total. The van der Waals surface area contributed by atoms with E-state index in [1.807, 2.05) is 29.2 Å². The first-order valence-corrected chi connectivity index (χ1v) is 9.43. The molecule has 2 aromatic rings. The van der Waals surface area contributed by atoms with Crippen molar-refractivity contribution in [2.45, 2.75) is 12.8 Å². The number of methoxy groups -OCH3 is 1. The van der Waals surface area contributed by atoms with Crippen molar-refractivity contribution < 1.29 is 9.53 Å². The van der Waals surface area contributed by atoms with Crippen molar-refractivity contribution in [2.75, 3.05) is 38.2 Å². The topological polar surface area (TPSA) is 32.8 Å². The smallest absolute Gasteiger partial charge is 0.223 e. The first-order valence-electron chi connectivity index (χ1n) is 8.67. The number of carbonyl (C=O) groups excluding carboxylic acids is 1. The summed E-state index contributed by atoms with van der Waals surface area (Å²) in [5.41, 5.74) is 2.09. The Morgan fingerprint density at radius 1 is 1.08 bits per heavy atom. The van der Waals surface area contributed by atoms with Gasteiger partial charge in [-0.05, 0) is 36.2 Å². The van der Waals surface area contributed by atoms with Crippen molar-refractivity contribution in [1.82, 2.24) is 4.90 Å². The van der Waals surface area contributed by atoms with Gasteiger partial charge < -0.3 is 14.5 Å². The molecule has 138 valence electrons. The van der Waals surface area contributed by atoms with E-state index in [9.17, 15) is 4.79 Å². The first-order chi connectivity index (χ1) is 12.6. The van der Waals surface area contributed by atoms with E-state index in [-0.39, 0.29) is 5.91 Å². The number of anilines is 1. The summed E-state index contributed by atoms with van der Waals surface area (Å²) in [4.78, 5) is 16.7. The highest BCUT2D eigenvalue weighted by Crippen LogP contribution is 2.24. The van der Waals surface area contributed by atoms with Gasteiger partial charge in [0.25, 0.3) is 0 Å². The molecule has 0 saturated carbocycles. The number of carbonyl (C=O) groups is 1. The molecule has 0 aromatic heterocycles. The molecule has 1 amide bonds. The molecule has 1 fully saturated rings. The number of ether oxygens (including phenoxy) is 1. The maximum Gasteiger partial charge on any atom is 0.223 e. The van der Waals surface area contributed by atoms with Gasteiger partial charge in [-0.2, -0.15) is 0 Å². The van der Waals surface area contributed by atoms with E-state index in [1.54, 1.807) is 19.2 Å². The fourth-order valence-corrected chi connectivity index (χ4v) is 3.65. The molecule has 6 heteroatoms. The van der Waals surface area contributed by atoms with Gasteiger partial charge in [0.05, 0.1) is 7.11 Å². The molecule has 0 atom stereocenters. The molecule has 1 aliphatic rings. The standard InChI is InChI=1S/C20H22Cl2N2O2/c1-26-18-4-2-3-17(14-18)23-9-11-24(12-10-23)20(25)8-6-15-5-7-16(21)13-19(15)22/h2-5,7,13-14H,6,8-12H2,1H3. The average molecular weight is 393 g/mol. The number of aryl methyl sites for hydroxylation is 1. The highest BCUT2D eigenvalue weighted by atomic mass is 35.5. The molecule has 2 aromatic carbocycles. The number of hydrogen-bond acceptors (Lipinski definition) is 3. The highest BCUT2D eigenvalue weighted by Gasteiger charge is 2.21. The monoisotopic (exact) mass is 392 g/mol. The maximum atomic E-state index is 12.5. The van der Waals surface area contributed by atoms with Crippen molar-refractivity contribution in [3.05, 3.63) is 58.1 Å². The summed E-state index contributed by atoms with van der Waals surface area (Å²) in [6.45, 7) is 3.09. The van der Waals surface area contributed by atoms with Crippen LogP contribution in [0.5, 0.6) is 5.75 Å². The van der Waals surface area contributed by atoms with Crippen molar-refractivity contribution in [3.8, 4) is 5.75 Å². The van der Waals surface area contributed by atoms with Gasteiger partial charge in [0, 0.05) is 54.4 Å². The summed E-state index contributed by atoms with van der Waals surface area (Å²) in [5, 5.41) is 1.23. The lowest BCUT2D eigenvalue weighted by Crippen LogP contribution is -2.48. The normalized spacial score (nSPS) is 14.4. The van der Waals surface area contributed by atoms with Gasteiger partial charge >= 0.3 is 0 Å². The highest BCUT2D eigenvalue weighted by molar-refractivity contribution is 6.35. The Bertz CT molecular complexity index is 774. The minimum Gasteiger partial charge on any atom is -0.497 e. The van der Waals surface area contributed by atoms with Crippen LogP contribution in [0.2, 0.25) is 10.0 Å². The van der Waals surface area contributed by atoms with Gasteiger partial charge in [-0.3, -0.25) is 4.79 Å². The molecule has 0 bridgehead atoms. The second-order valence-electron chi connectivity index (χ2n) is 6.31. The Hall–Kier alpha value is -1.91. The molecule has 1 saturated heterocycles. The van der Waals surface area contributed by atoms with E-state index in [2.05, 4.69) is 11.0 Å². The Balaban J connectivity index is 1.51. The molecule has 26 heavy (non-hydrogen) atoms. The van der Waals surface area contributed by atoms with E-state index in [1.165, 1.54) is 0 Å². The summed E-state index contributed by atoms with van der Waals surface area (Å²) < 4.78 is 5.29. The van der Waals surface area contributed by atoms with Gasteiger partial charge in [0.15, 0.2) is 0 Å². The fraction of sp³-hybridized carbons (Fsp3) is 0.350. The molecule has 0 aliphatic carbocycles. The molecule has 3 rings (SSSR count). The summed E-state index contributed by atoms with van der Waals surface area (Å²) in [7, 11) is 1.67. The van der Waals surface area contributed by atoms with Crippen LogP contribution in [0.1, 0.15) is 12.0 Å². The predicted molar refractivity (Wildman–Crippen MR) is 107 cm³/mol. The molecule has 0 radical (unpaired) electrons. The molecule has 0 spiro atoms. The van der Waals surface area contributed by atoms with E-state index >= 15 is 0 Å². The molecular formula is C20H22Cl2N2O2. The largest absolute Gasteiger partial charge is 0.497 e. The molecule has 1 aliphatic heterocycles. The second-order valence-corrected chi connectivity index (χ2v) is 7.15. The summed E-state index contributed by atoms with van der Waals surface area (Å²) in [5.74, 6) is 1.02. The third kappa shape index (κ3) is 4.63. The van der Waals surface area contributed by atoms with Crippen LogP contribution in [0, 0.1) is 0 Å². The van der Waals surface area contributed by atoms with E-state index < -0.39 is 0 Å². The number of piperazine rings is 1. The number of rotatable bonds is 5. The third-order valence-electron chi connectivity index (χ3n) is 4.67. The number of hydrogen-bond donors (Lipinski definition) is 0. The Morgan fingerprint density at radius 3 is 2.54 bits per heavy atom. The van der Waals surface area contributed by atoms with E-state index in [4.69, 9.17) is 27.9 Å². The van der Waals surface area contributed by atoms with Crippen molar-refractivity contribution >= 4 is 34.8 Å². The second kappa shape index (κ2) is 8.65. The number of amides is 1. The Morgan fingerprint density at radius 2 is 1.85 bits per heavy atom. The van der Waals surface area contributed by atoms with Gasteiger partial charge in [0.2, 0.25) is 5.91 Å². The van der Waals surface area contributed by atoms with Crippen LogP contribution in [0.4, 0.5) is 5.69 Å². The number of benzene rings is 2. The first kappa shape index (κ1) is 18.9. The maximum absolute atomic E-state index is 12.5. The average Bonchev–Trinajstić information content (AvgIpc) is 2.67. The van der Waals surface area contributed by atoms with E-state index in [0.717, 1.165) is 43.2 Å². The van der Waals surface area contributed by atoms with Crippen LogP contribution >= 0.6 is 23.2 Å². The molecule has 1 heterocycles. The lowest BCUT2D eigenvalue weighted by Gasteiger charge is -2.36. The predicted octanol–water partition coefficient (Wildman–Crippen LogP) is 4.28. The van der Waals surface area contributed by atoms with Crippen LogP contribution in [0.25, 0.3) is 0 Å². The van der Waals surface area contributed by atoms with Crippen LogP contribution < -0.4 is 9.64 Å². The zero-order valence-corrected chi connectivity index (χ0v) is 16.3. The minimum atomic E-state index is 0.168.